The van der Waals surface area contributed by atoms with E-state index in [-0.39, 0.29) is 0 Å². The van der Waals surface area contributed by atoms with Crippen LogP contribution in [-0.2, 0) is 13.0 Å². The number of benzene rings is 2. The number of rotatable bonds is 8. The Labute approximate surface area is 190 Å². The molecule has 30 heavy (non-hydrogen) atoms. The first kappa shape index (κ1) is 22.1. The van der Waals surface area contributed by atoms with Crippen molar-refractivity contribution < 1.29 is 9.47 Å². The highest BCUT2D eigenvalue weighted by molar-refractivity contribution is 7.80. The Morgan fingerprint density at radius 2 is 1.90 bits per heavy atom. The lowest BCUT2D eigenvalue weighted by Crippen LogP contribution is -2.30. The van der Waals surface area contributed by atoms with Gasteiger partial charge < -0.3 is 14.8 Å². The average molecular weight is 466 g/mol. The maximum absolute atomic E-state index is 6.21. The molecule has 3 rings (SSSR count). The van der Waals surface area contributed by atoms with E-state index >= 15 is 0 Å². The predicted octanol–water partition coefficient (Wildman–Crippen LogP) is 4.18. The molecule has 2 aromatic carbocycles. The molecular weight excluding hydrogens is 445 g/mol. The second-order valence-electron chi connectivity index (χ2n) is 6.32. The summed E-state index contributed by atoms with van der Waals surface area (Å²) in [5, 5.41) is 12.1. The molecular formula is C20H21Cl2N5O2S. The third-order valence-electron chi connectivity index (χ3n) is 4.26. The zero-order valence-electron chi connectivity index (χ0n) is 16.5. The van der Waals surface area contributed by atoms with Gasteiger partial charge in [-0.25, -0.2) is 9.67 Å². The Balaban J connectivity index is 1.48. The lowest BCUT2D eigenvalue weighted by atomic mass is 10.1. The number of methoxy groups -OCH3 is 2. The first-order chi connectivity index (χ1) is 14.5. The lowest BCUT2D eigenvalue weighted by molar-refractivity contribution is 0.354. The molecule has 1 heterocycles. The molecule has 1 aromatic heterocycles. The minimum absolute atomic E-state index is 0.406. The van der Waals surface area contributed by atoms with Gasteiger partial charge in [-0.2, -0.15) is 0 Å². The van der Waals surface area contributed by atoms with Crippen LogP contribution in [0.5, 0.6) is 11.5 Å². The van der Waals surface area contributed by atoms with Crippen LogP contribution in [0.4, 0.5) is 5.95 Å². The van der Waals surface area contributed by atoms with Gasteiger partial charge in [0.2, 0.25) is 5.95 Å². The van der Waals surface area contributed by atoms with E-state index in [1.807, 2.05) is 24.3 Å². The maximum atomic E-state index is 6.21. The van der Waals surface area contributed by atoms with Crippen LogP contribution in [0.25, 0.3) is 0 Å². The van der Waals surface area contributed by atoms with Gasteiger partial charge in [-0.05, 0) is 54.0 Å². The number of halogens is 2. The zero-order chi connectivity index (χ0) is 21.5. The first-order valence-corrected chi connectivity index (χ1v) is 10.2. The molecule has 0 bridgehead atoms. The van der Waals surface area contributed by atoms with Crippen molar-refractivity contribution >= 4 is 46.5 Å². The van der Waals surface area contributed by atoms with E-state index in [1.165, 1.54) is 0 Å². The van der Waals surface area contributed by atoms with Crippen molar-refractivity contribution in [1.82, 2.24) is 20.1 Å². The fourth-order valence-electron chi connectivity index (χ4n) is 2.75. The summed E-state index contributed by atoms with van der Waals surface area (Å²) in [7, 11) is 3.23. The van der Waals surface area contributed by atoms with Crippen molar-refractivity contribution in [2.45, 2.75) is 13.0 Å². The van der Waals surface area contributed by atoms with Crippen LogP contribution >= 0.6 is 35.4 Å². The highest BCUT2D eigenvalue weighted by atomic mass is 35.5. The molecule has 0 amide bonds. The molecule has 0 aliphatic heterocycles. The molecule has 2 N–H and O–H groups in total. The summed E-state index contributed by atoms with van der Waals surface area (Å²) in [6, 6.07) is 11.2. The quantitative estimate of drug-likeness (QED) is 0.483. The lowest BCUT2D eigenvalue weighted by Gasteiger charge is -2.11. The number of nitrogens with zero attached hydrogens (tertiary/aromatic N) is 3. The number of hydrogen-bond acceptors (Lipinski definition) is 5. The van der Waals surface area contributed by atoms with Crippen LogP contribution < -0.4 is 20.1 Å². The molecule has 0 unspecified atom stereocenters. The number of nitrogens with one attached hydrogen (secondary N) is 2. The van der Waals surface area contributed by atoms with Crippen LogP contribution in [0.15, 0.2) is 42.7 Å². The Kier molecular flexibility index (Phi) is 7.73. The molecule has 0 saturated heterocycles. The van der Waals surface area contributed by atoms with Gasteiger partial charge >= 0.3 is 0 Å². The van der Waals surface area contributed by atoms with Crippen molar-refractivity contribution in [3.05, 3.63) is 63.9 Å². The van der Waals surface area contributed by atoms with Crippen LogP contribution in [0.2, 0.25) is 10.0 Å². The Morgan fingerprint density at radius 3 is 2.63 bits per heavy atom. The summed E-state index contributed by atoms with van der Waals surface area (Å²) in [6.45, 7) is 1.12. The SMILES string of the molecule is COc1ccc(CCNC(=S)Nc2ncn(Cc3ccc(Cl)cc3Cl)n2)cc1OC. The third kappa shape index (κ3) is 5.98. The molecule has 0 aliphatic carbocycles. The summed E-state index contributed by atoms with van der Waals surface area (Å²) in [4.78, 5) is 4.22. The van der Waals surface area contributed by atoms with E-state index in [2.05, 4.69) is 20.7 Å². The van der Waals surface area contributed by atoms with Crippen LogP contribution in [0, 0.1) is 0 Å². The molecule has 0 spiro atoms. The van der Waals surface area contributed by atoms with Gasteiger partial charge in [0.1, 0.15) is 6.33 Å². The molecule has 7 nitrogen and oxygen atoms in total. The highest BCUT2D eigenvalue weighted by Gasteiger charge is 2.08. The molecule has 0 aliphatic rings. The van der Waals surface area contributed by atoms with E-state index in [1.54, 1.807) is 37.4 Å². The standard InChI is InChI=1S/C20H21Cl2N5O2S/c1-28-17-6-3-13(9-18(17)29-2)7-8-23-20(30)25-19-24-12-27(26-19)11-14-4-5-15(21)10-16(14)22/h3-6,9-10,12H,7-8,11H2,1-2H3,(H2,23,25,26,30). The molecule has 0 atom stereocenters. The van der Waals surface area contributed by atoms with E-state index in [9.17, 15) is 0 Å². The minimum atomic E-state index is 0.406. The number of hydrogen-bond donors (Lipinski definition) is 2. The molecule has 158 valence electrons. The van der Waals surface area contributed by atoms with Crippen molar-refractivity contribution in [2.75, 3.05) is 26.1 Å². The van der Waals surface area contributed by atoms with Gasteiger partial charge in [0, 0.05) is 16.6 Å². The topological polar surface area (TPSA) is 73.2 Å². The molecule has 0 radical (unpaired) electrons. The second-order valence-corrected chi connectivity index (χ2v) is 7.57. The van der Waals surface area contributed by atoms with E-state index < -0.39 is 0 Å². The monoisotopic (exact) mass is 465 g/mol. The number of aromatic nitrogens is 3. The summed E-state index contributed by atoms with van der Waals surface area (Å²) in [5.41, 5.74) is 2.00. The zero-order valence-corrected chi connectivity index (χ0v) is 18.8. The predicted molar refractivity (Wildman–Crippen MR) is 123 cm³/mol. The van der Waals surface area contributed by atoms with Gasteiger partial charge in [0.25, 0.3) is 0 Å². The van der Waals surface area contributed by atoms with E-state index in [0.717, 1.165) is 17.5 Å². The Hall–Kier alpha value is -2.55. The van der Waals surface area contributed by atoms with Gasteiger partial charge in [-0.15, -0.1) is 5.10 Å². The fourth-order valence-corrected chi connectivity index (χ4v) is 3.42. The van der Waals surface area contributed by atoms with Gasteiger partial charge in [0.15, 0.2) is 16.6 Å². The van der Waals surface area contributed by atoms with Crippen molar-refractivity contribution in [3.8, 4) is 11.5 Å². The summed E-state index contributed by atoms with van der Waals surface area (Å²) < 4.78 is 12.2. The summed E-state index contributed by atoms with van der Waals surface area (Å²) >= 11 is 17.5. The molecule has 0 saturated carbocycles. The normalized spacial score (nSPS) is 10.5. The maximum Gasteiger partial charge on any atom is 0.248 e. The van der Waals surface area contributed by atoms with Crippen molar-refractivity contribution in [1.29, 1.82) is 0 Å². The Morgan fingerprint density at radius 1 is 1.10 bits per heavy atom. The fraction of sp³-hybridized carbons (Fsp3) is 0.250. The van der Waals surface area contributed by atoms with Crippen LogP contribution in [0.1, 0.15) is 11.1 Å². The number of anilines is 1. The molecule has 3 aromatic rings. The van der Waals surface area contributed by atoms with E-state index in [0.29, 0.717) is 45.7 Å². The smallest absolute Gasteiger partial charge is 0.248 e. The molecule has 10 heteroatoms. The second kappa shape index (κ2) is 10.5. The van der Waals surface area contributed by atoms with E-state index in [4.69, 9.17) is 44.9 Å². The largest absolute Gasteiger partial charge is 0.493 e. The highest BCUT2D eigenvalue weighted by Crippen LogP contribution is 2.27. The molecule has 0 fully saturated rings. The van der Waals surface area contributed by atoms with Gasteiger partial charge in [0.05, 0.1) is 20.8 Å². The van der Waals surface area contributed by atoms with Gasteiger partial charge in [-0.1, -0.05) is 35.3 Å². The number of ether oxygens (including phenoxy) is 2. The number of thiocarbonyl (C=S) groups is 1. The minimum Gasteiger partial charge on any atom is -0.493 e. The van der Waals surface area contributed by atoms with Gasteiger partial charge in [-0.3, -0.25) is 5.32 Å². The van der Waals surface area contributed by atoms with Crippen LogP contribution in [-0.4, -0.2) is 40.6 Å². The summed E-state index contributed by atoms with van der Waals surface area (Å²) in [5.74, 6) is 1.81. The average Bonchev–Trinajstić information content (AvgIpc) is 3.16. The van der Waals surface area contributed by atoms with Crippen molar-refractivity contribution in [3.63, 3.8) is 0 Å². The first-order valence-electron chi connectivity index (χ1n) is 9.07. The summed E-state index contributed by atoms with van der Waals surface area (Å²) in [6.07, 6.45) is 2.37. The third-order valence-corrected chi connectivity index (χ3v) is 5.09. The Bertz CT molecular complexity index is 1030. The van der Waals surface area contributed by atoms with Crippen molar-refractivity contribution in [2.24, 2.45) is 0 Å². The van der Waals surface area contributed by atoms with Crippen LogP contribution in [0.3, 0.4) is 0 Å².